The van der Waals surface area contributed by atoms with Gasteiger partial charge in [0, 0.05) is 0 Å². The molecule has 0 aliphatic heterocycles. The van der Waals surface area contributed by atoms with Crippen molar-refractivity contribution in [2.75, 3.05) is 12.3 Å². The van der Waals surface area contributed by atoms with Crippen molar-refractivity contribution in [2.45, 2.75) is 36.6 Å². The zero-order chi connectivity index (χ0) is 14.3. The minimum absolute atomic E-state index is 0.0499. The van der Waals surface area contributed by atoms with Crippen molar-refractivity contribution >= 4 is 15.7 Å². The lowest BCUT2D eigenvalue weighted by Crippen LogP contribution is -2.56. The highest BCUT2D eigenvalue weighted by Crippen LogP contribution is 2.33. The van der Waals surface area contributed by atoms with Crippen molar-refractivity contribution in [1.82, 2.24) is 4.72 Å². The summed E-state index contributed by atoms with van der Waals surface area (Å²) in [5.74, 6) is -0.642. The number of nitrogens with one attached hydrogen (secondary N) is 1. The molecule has 0 spiro atoms. The molecule has 4 N–H and O–H groups in total. The van der Waals surface area contributed by atoms with E-state index in [9.17, 15) is 17.9 Å². The first kappa shape index (κ1) is 14.2. The van der Waals surface area contributed by atoms with Gasteiger partial charge in [-0.25, -0.2) is 17.5 Å². The molecule has 0 amide bonds. The normalized spacial score (nSPS) is 18.1. The second-order valence-corrected chi connectivity index (χ2v) is 6.69. The quantitative estimate of drug-likeness (QED) is 0.718. The van der Waals surface area contributed by atoms with Gasteiger partial charge in [0.2, 0.25) is 10.0 Å². The third kappa shape index (κ3) is 2.58. The van der Waals surface area contributed by atoms with E-state index in [1.54, 1.807) is 0 Å². The summed E-state index contributed by atoms with van der Waals surface area (Å²) in [6, 6.07) is 2.20. The fourth-order valence-electron chi connectivity index (χ4n) is 2.19. The van der Waals surface area contributed by atoms with Gasteiger partial charge >= 0.3 is 0 Å². The fraction of sp³-hybridized carbons (Fsp3) is 0.500. The predicted octanol–water partition coefficient (Wildman–Crippen LogP) is 0.910. The predicted molar refractivity (Wildman–Crippen MR) is 69.5 cm³/mol. The van der Waals surface area contributed by atoms with Gasteiger partial charge in [-0.2, -0.15) is 0 Å². The zero-order valence-corrected chi connectivity index (χ0v) is 11.4. The number of nitrogens with two attached hydrogens (primary N) is 1. The van der Waals surface area contributed by atoms with E-state index in [1.807, 2.05) is 0 Å². The van der Waals surface area contributed by atoms with Crippen molar-refractivity contribution in [3.05, 3.63) is 23.5 Å². The minimum Gasteiger partial charge on any atom is -0.396 e. The lowest BCUT2D eigenvalue weighted by atomic mass is 9.78. The summed E-state index contributed by atoms with van der Waals surface area (Å²) in [6.45, 7) is 1.26. The van der Waals surface area contributed by atoms with Gasteiger partial charge in [0.1, 0.15) is 5.82 Å². The lowest BCUT2D eigenvalue weighted by Gasteiger charge is -2.40. The Balaban J connectivity index is 2.37. The summed E-state index contributed by atoms with van der Waals surface area (Å²) >= 11 is 0. The molecule has 0 atom stereocenters. The number of nitrogen functional groups attached to an aromatic ring is 1. The molecule has 0 radical (unpaired) electrons. The maximum atomic E-state index is 13.2. The molecule has 5 nitrogen and oxygen atoms in total. The van der Waals surface area contributed by atoms with E-state index >= 15 is 0 Å². The number of aliphatic hydroxyl groups excluding tert-OH is 1. The van der Waals surface area contributed by atoms with E-state index in [2.05, 4.69) is 4.72 Å². The van der Waals surface area contributed by atoms with Crippen LogP contribution in [0.5, 0.6) is 0 Å². The SMILES string of the molecule is Cc1cc(F)c(N)cc1S(=O)(=O)NC1(CO)CCC1. The Labute approximate surface area is 111 Å². The van der Waals surface area contributed by atoms with Gasteiger partial charge in [-0.15, -0.1) is 0 Å². The highest BCUT2D eigenvalue weighted by atomic mass is 32.2. The summed E-state index contributed by atoms with van der Waals surface area (Å²) < 4.78 is 40.3. The van der Waals surface area contributed by atoms with Crippen LogP contribution in [-0.2, 0) is 10.0 Å². The molecule has 0 aromatic heterocycles. The molecule has 1 saturated carbocycles. The van der Waals surface area contributed by atoms with E-state index in [1.165, 1.54) is 6.92 Å². The number of halogens is 1. The van der Waals surface area contributed by atoms with Crippen LogP contribution in [0.4, 0.5) is 10.1 Å². The minimum atomic E-state index is -3.82. The Morgan fingerprint density at radius 3 is 2.58 bits per heavy atom. The number of hydrogen-bond acceptors (Lipinski definition) is 4. The average molecular weight is 288 g/mol. The van der Waals surface area contributed by atoms with Crippen LogP contribution in [0.3, 0.4) is 0 Å². The van der Waals surface area contributed by atoms with Crippen LogP contribution in [0, 0.1) is 12.7 Å². The fourth-order valence-corrected chi connectivity index (χ4v) is 3.91. The van der Waals surface area contributed by atoms with Crippen LogP contribution < -0.4 is 10.5 Å². The number of aryl methyl sites for hydroxylation is 1. The molecule has 1 fully saturated rings. The monoisotopic (exact) mass is 288 g/mol. The summed E-state index contributed by atoms with van der Waals surface area (Å²) in [5, 5.41) is 9.30. The van der Waals surface area contributed by atoms with Crippen molar-refractivity contribution in [1.29, 1.82) is 0 Å². The van der Waals surface area contributed by atoms with Gasteiger partial charge < -0.3 is 10.8 Å². The molecule has 0 saturated heterocycles. The van der Waals surface area contributed by atoms with Crippen molar-refractivity contribution in [3.63, 3.8) is 0 Å². The molecule has 1 aromatic carbocycles. The van der Waals surface area contributed by atoms with Gasteiger partial charge in [-0.05, 0) is 43.9 Å². The van der Waals surface area contributed by atoms with Gasteiger partial charge in [0.15, 0.2) is 0 Å². The first-order valence-electron chi connectivity index (χ1n) is 6.00. The molecule has 0 heterocycles. The van der Waals surface area contributed by atoms with Crippen LogP contribution in [-0.4, -0.2) is 25.7 Å². The summed E-state index contributed by atoms with van der Waals surface area (Å²) in [6.07, 6.45) is 2.06. The van der Waals surface area contributed by atoms with Gasteiger partial charge in [0.25, 0.3) is 0 Å². The molecule has 0 bridgehead atoms. The molecule has 19 heavy (non-hydrogen) atoms. The summed E-state index contributed by atoms with van der Waals surface area (Å²) in [7, 11) is -3.82. The first-order chi connectivity index (χ1) is 8.80. The average Bonchev–Trinajstić information content (AvgIpc) is 2.28. The van der Waals surface area contributed by atoms with Gasteiger partial charge in [0.05, 0.1) is 22.7 Å². The van der Waals surface area contributed by atoms with Crippen LogP contribution >= 0.6 is 0 Å². The third-order valence-corrected chi connectivity index (χ3v) is 5.27. The first-order valence-corrected chi connectivity index (χ1v) is 7.48. The highest BCUT2D eigenvalue weighted by molar-refractivity contribution is 7.89. The zero-order valence-electron chi connectivity index (χ0n) is 10.6. The number of sulfonamides is 1. The van der Waals surface area contributed by atoms with Crippen molar-refractivity contribution in [2.24, 2.45) is 0 Å². The molecule has 1 aliphatic rings. The molecular formula is C12H17FN2O3S. The smallest absolute Gasteiger partial charge is 0.241 e. The maximum absolute atomic E-state index is 13.2. The number of rotatable bonds is 4. The van der Waals surface area contributed by atoms with E-state index in [0.717, 1.165) is 18.6 Å². The molecule has 7 heteroatoms. The summed E-state index contributed by atoms with van der Waals surface area (Å²) in [4.78, 5) is -0.0499. The number of benzene rings is 1. The number of hydrogen-bond donors (Lipinski definition) is 3. The molecule has 0 unspecified atom stereocenters. The van der Waals surface area contributed by atoms with Gasteiger partial charge in [-0.1, -0.05) is 0 Å². The number of anilines is 1. The lowest BCUT2D eigenvalue weighted by molar-refractivity contribution is 0.110. The maximum Gasteiger partial charge on any atom is 0.241 e. The summed E-state index contributed by atoms with van der Waals surface area (Å²) in [5.41, 5.74) is 4.70. The van der Waals surface area contributed by atoms with E-state index in [-0.39, 0.29) is 22.8 Å². The topological polar surface area (TPSA) is 92.4 Å². The van der Waals surface area contributed by atoms with E-state index in [0.29, 0.717) is 12.8 Å². The molecule has 2 rings (SSSR count). The van der Waals surface area contributed by atoms with Gasteiger partial charge in [-0.3, -0.25) is 0 Å². The van der Waals surface area contributed by atoms with Crippen LogP contribution in [0.15, 0.2) is 17.0 Å². The number of aliphatic hydroxyl groups is 1. The van der Waals surface area contributed by atoms with E-state index < -0.39 is 21.4 Å². The Kier molecular flexibility index (Phi) is 3.55. The Bertz CT molecular complexity index is 592. The molecular weight excluding hydrogens is 271 g/mol. The molecule has 1 aliphatic carbocycles. The highest BCUT2D eigenvalue weighted by Gasteiger charge is 2.40. The second-order valence-electron chi connectivity index (χ2n) is 5.04. The van der Waals surface area contributed by atoms with Crippen LogP contribution in [0.2, 0.25) is 0 Å². The van der Waals surface area contributed by atoms with Crippen LogP contribution in [0.25, 0.3) is 0 Å². The Morgan fingerprint density at radius 1 is 1.47 bits per heavy atom. The Morgan fingerprint density at radius 2 is 2.11 bits per heavy atom. The van der Waals surface area contributed by atoms with E-state index in [4.69, 9.17) is 5.73 Å². The third-order valence-electron chi connectivity index (χ3n) is 3.55. The Hall–Kier alpha value is -1.18. The van der Waals surface area contributed by atoms with Crippen molar-refractivity contribution in [3.8, 4) is 0 Å². The second kappa shape index (κ2) is 4.73. The largest absolute Gasteiger partial charge is 0.396 e. The molecule has 1 aromatic rings. The molecule has 106 valence electrons. The van der Waals surface area contributed by atoms with Crippen molar-refractivity contribution < 1.29 is 17.9 Å². The van der Waals surface area contributed by atoms with Crippen LogP contribution in [0.1, 0.15) is 24.8 Å². The standard InChI is InChI=1S/C12H17FN2O3S/c1-8-5-9(13)10(14)6-11(8)19(17,18)15-12(7-16)3-2-4-12/h5-6,15-16H,2-4,7,14H2,1H3.